The molecule has 0 saturated carbocycles. The van der Waals surface area contributed by atoms with Crippen LogP contribution in [0.1, 0.15) is 44.8 Å². The van der Waals surface area contributed by atoms with Crippen molar-refractivity contribution in [2.24, 2.45) is 0 Å². The molecular formula is C17H20N4O4S. The Labute approximate surface area is 154 Å². The summed E-state index contributed by atoms with van der Waals surface area (Å²) in [6.07, 6.45) is 5.68. The molecule has 26 heavy (non-hydrogen) atoms. The van der Waals surface area contributed by atoms with Crippen LogP contribution in [0.3, 0.4) is 0 Å². The van der Waals surface area contributed by atoms with Crippen molar-refractivity contribution in [1.82, 2.24) is 20.4 Å². The predicted octanol–water partition coefficient (Wildman–Crippen LogP) is 1.34. The highest BCUT2D eigenvalue weighted by Gasteiger charge is 2.31. The molecule has 2 amide bonds. The molecule has 1 N–H and O–H groups in total. The minimum absolute atomic E-state index is 0.0598. The summed E-state index contributed by atoms with van der Waals surface area (Å²) in [5.41, 5.74) is 1.28. The molecule has 8 nitrogen and oxygen atoms in total. The number of thiophene rings is 1. The normalized spacial score (nSPS) is 19.8. The van der Waals surface area contributed by atoms with E-state index in [1.807, 2.05) is 6.07 Å². The van der Waals surface area contributed by atoms with Gasteiger partial charge in [-0.15, -0.1) is 11.3 Å². The Bertz CT molecular complexity index is 765. The van der Waals surface area contributed by atoms with Gasteiger partial charge in [-0.05, 0) is 37.3 Å². The number of nitrogens with zero attached hydrogens (tertiary/aromatic N) is 3. The molecule has 1 atom stereocenters. The number of carbonyl (C=O) groups excluding carboxylic acids is 2. The number of aromatic nitrogens is 2. The number of carbonyl (C=O) groups is 2. The van der Waals surface area contributed by atoms with Gasteiger partial charge in [-0.3, -0.25) is 9.59 Å². The number of aryl methyl sites for hydroxylation is 2. The highest BCUT2D eigenvalue weighted by Crippen LogP contribution is 2.29. The number of ether oxygens (including phenoxy) is 1. The molecule has 0 aromatic carbocycles. The summed E-state index contributed by atoms with van der Waals surface area (Å²) in [5, 5.41) is 6.55. The van der Waals surface area contributed by atoms with Crippen molar-refractivity contribution >= 4 is 23.2 Å². The SMILES string of the molecule is O=C(NCC(=O)N1CCOCC1c1ncon1)c1cc2c(s1)CCCC2. The number of hydrogen-bond acceptors (Lipinski definition) is 7. The molecule has 0 spiro atoms. The van der Waals surface area contributed by atoms with Gasteiger partial charge in [0.1, 0.15) is 6.04 Å². The average Bonchev–Trinajstić information content (AvgIpc) is 3.35. The second kappa shape index (κ2) is 7.55. The first-order chi connectivity index (χ1) is 12.7. The van der Waals surface area contributed by atoms with Gasteiger partial charge in [0, 0.05) is 11.4 Å². The first-order valence-corrected chi connectivity index (χ1v) is 9.57. The van der Waals surface area contributed by atoms with Gasteiger partial charge in [0.2, 0.25) is 12.3 Å². The van der Waals surface area contributed by atoms with Crippen LogP contribution in [0.4, 0.5) is 0 Å². The van der Waals surface area contributed by atoms with Gasteiger partial charge in [-0.2, -0.15) is 4.98 Å². The summed E-state index contributed by atoms with van der Waals surface area (Å²) in [6, 6.07) is 1.58. The first kappa shape index (κ1) is 17.2. The third-order valence-corrected chi connectivity index (χ3v) is 5.98. The lowest BCUT2D eigenvalue weighted by Gasteiger charge is -2.33. The molecule has 138 valence electrons. The number of rotatable bonds is 4. The van der Waals surface area contributed by atoms with Crippen LogP contribution in [0.15, 0.2) is 17.0 Å². The van der Waals surface area contributed by atoms with Crippen molar-refractivity contribution in [1.29, 1.82) is 0 Å². The van der Waals surface area contributed by atoms with Crippen LogP contribution in [-0.2, 0) is 22.4 Å². The van der Waals surface area contributed by atoms with Crippen molar-refractivity contribution < 1.29 is 18.8 Å². The highest BCUT2D eigenvalue weighted by atomic mass is 32.1. The third kappa shape index (κ3) is 3.49. The van der Waals surface area contributed by atoms with E-state index in [1.165, 1.54) is 41.0 Å². The van der Waals surface area contributed by atoms with Crippen LogP contribution in [0.5, 0.6) is 0 Å². The lowest BCUT2D eigenvalue weighted by molar-refractivity contribution is -0.139. The number of hydrogen-bond donors (Lipinski definition) is 1. The Kier molecular flexibility index (Phi) is 4.98. The van der Waals surface area contributed by atoms with Crippen LogP contribution in [0.25, 0.3) is 0 Å². The Balaban J connectivity index is 1.38. The third-order valence-electron chi connectivity index (χ3n) is 4.75. The van der Waals surface area contributed by atoms with E-state index in [2.05, 4.69) is 15.5 Å². The molecule has 0 bridgehead atoms. The number of morpholine rings is 1. The van der Waals surface area contributed by atoms with Crippen LogP contribution < -0.4 is 5.32 Å². The van der Waals surface area contributed by atoms with E-state index in [1.54, 1.807) is 4.90 Å². The molecule has 4 rings (SSSR count). The van der Waals surface area contributed by atoms with Gasteiger partial charge < -0.3 is 19.5 Å². The highest BCUT2D eigenvalue weighted by molar-refractivity contribution is 7.14. The summed E-state index contributed by atoms with van der Waals surface area (Å²) >= 11 is 1.54. The summed E-state index contributed by atoms with van der Waals surface area (Å²) in [6.45, 7) is 1.14. The van der Waals surface area contributed by atoms with E-state index in [4.69, 9.17) is 9.26 Å². The molecule has 1 fully saturated rings. The second-order valence-corrected chi connectivity index (χ2v) is 7.55. The Morgan fingerprint density at radius 2 is 2.23 bits per heavy atom. The standard InChI is InChI=1S/C17H20N4O4S/c22-15(21-5-6-24-9-12(21)16-19-10-25-20-16)8-18-17(23)14-7-11-3-1-2-4-13(11)26-14/h7,10,12H,1-6,8-9H2,(H,18,23). The molecular weight excluding hydrogens is 356 g/mol. The minimum atomic E-state index is -0.388. The molecule has 2 aliphatic rings. The minimum Gasteiger partial charge on any atom is -0.377 e. The average molecular weight is 376 g/mol. The zero-order valence-corrected chi connectivity index (χ0v) is 15.1. The maximum Gasteiger partial charge on any atom is 0.261 e. The second-order valence-electron chi connectivity index (χ2n) is 6.42. The zero-order chi connectivity index (χ0) is 17.9. The summed E-state index contributed by atoms with van der Waals surface area (Å²) in [5.74, 6) is 0.0372. The summed E-state index contributed by atoms with van der Waals surface area (Å²) in [7, 11) is 0. The van der Waals surface area contributed by atoms with E-state index in [0.29, 0.717) is 30.5 Å². The molecule has 9 heteroatoms. The molecule has 2 aromatic rings. The number of amides is 2. The largest absolute Gasteiger partial charge is 0.377 e. The van der Waals surface area contributed by atoms with Crippen molar-refractivity contribution in [2.75, 3.05) is 26.3 Å². The molecule has 2 aromatic heterocycles. The van der Waals surface area contributed by atoms with E-state index < -0.39 is 0 Å². The summed E-state index contributed by atoms with van der Waals surface area (Å²) in [4.78, 5) is 32.7. The quantitative estimate of drug-likeness (QED) is 0.865. The Morgan fingerprint density at radius 3 is 3.04 bits per heavy atom. The van der Waals surface area contributed by atoms with Gasteiger partial charge in [0.05, 0.1) is 24.6 Å². The predicted molar refractivity (Wildman–Crippen MR) is 92.9 cm³/mol. The lowest BCUT2D eigenvalue weighted by Crippen LogP contribution is -2.47. The Hall–Kier alpha value is -2.26. The van der Waals surface area contributed by atoms with Crippen molar-refractivity contribution in [3.05, 3.63) is 33.6 Å². The van der Waals surface area contributed by atoms with Crippen LogP contribution in [0, 0.1) is 0 Å². The van der Waals surface area contributed by atoms with Gasteiger partial charge in [0.15, 0.2) is 5.82 Å². The first-order valence-electron chi connectivity index (χ1n) is 8.75. The molecule has 1 aliphatic heterocycles. The summed E-state index contributed by atoms with van der Waals surface area (Å²) < 4.78 is 10.2. The lowest BCUT2D eigenvalue weighted by atomic mass is 9.99. The molecule has 1 saturated heterocycles. The zero-order valence-electron chi connectivity index (χ0n) is 14.3. The topological polar surface area (TPSA) is 97.6 Å². The van der Waals surface area contributed by atoms with Crippen molar-refractivity contribution in [3.63, 3.8) is 0 Å². The Morgan fingerprint density at radius 1 is 1.35 bits per heavy atom. The fraction of sp³-hybridized carbons (Fsp3) is 0.529. The monoisotopic (exact) mass is 376 g/mol. The van der Waals surface area contributed by atoms with E-state index >= 15 is 0 Å². The maximum absolute atomic E-state index is 12.6. The molecule has 3 heterocycles. The van der Waals surface area contributed by atoms with Crippen LogP contribution >= 0.6 is 11.3 Å². The van der Waals surface area contributed by atoms with E-state index in [-0.39, 0.29) is 24.4 Å². The van der Waals surface area contributed by atoms with Crippen LogP contribution in [-0.4, -0.2) is 53.2 Å². The van der Waals surface area contributed by atoms with Crippen LogP contribution in [0.2, 0.25) is 0 Å². The van der Waals surface area contributed by atoms with Gasteiger partial charge in [-0.25, -0.2) is 0 Å². The van der Waals surface area contributed by atoms with E-state index in [0.717, 1.165) is 12.8 Å². The van der Waals surface area contributed by atoms with Gasteiger partial charge >= 0.3 is 0 Å². The van der Waals surface area contributed by atoms with Crippen molar-refractivity contribution in [2.45, 2.75) is 31.7 Å². The smallest absolute Gasteiger partial charge is 0.261 e. The van der Waals surface area contributed by atoms with E-state index in [9.17, 15) is 9.59 Å². The molecule has 1 aliphatic carbocycles. The number of nitrogens with one attached hydrogen (secondary N) is 1. The number of fused-ring (bicyclic) bond motifs is 1. The maximum atomic E-state index is 12.6. The fourth-order valence-electron chi connectivity index (χ4n) is 3.39. The van der Waals surface area contributed by atoms with Gasteiger partial charge in [0.25, 0.3) is 5.91 Å². The molecule has 0 radical (unpaired) electrons. The fourth-order valence-corrected chi connectivity index (χ4v) is 4.56. The molecule has 1 unspecified atom stereocenters. The van der Waals surface area contributed by atoms with Crippen molar-refractivity contribution in [3.8, 4) is 0 Å². The van der Waals surface area contributed by atoms with Gasteiger partial charge in [-0.1, -0.05) is 5.16 Å².